The Bertz CT molecular complexity index is 425. The van der Waals surface area contributed by atoms with E-state index in [-0.39, 0.29) is 0 Å². The van der Waals surface area contributed by atoms with Gasteiger partial charge in [0.25, 0.3) is 0 Å². The van der Waals surface area contributed by atoms with E-state index < -0.39 is 0 Å². The molecule has 1 aliphatic heterocycles. The fourth-order valence-corrected chi connectivity index (χ4v) is 3.69. The zero-order valence-electron chi connectivity index (χ0n) is 11.6. The Morgan fingerprint density at radius 3 is 2.84 bits per heavy atom. The van der Waals surface area contributed by atoms with Crippen molar-refractivity contribution in [2.24, 2.45) is 0 Å². The van der Waals surface area contributed by atoms with Crippen LogP contribution in [0.25, 0.3) is 0 Å². The Hall–Kier alpha value is -0.250. The van der Waals surface area contributed by atoms with Gasteiger partial charge in [0.05, 0.1) is 5.69 Å². The van der Waals surface area contributed by atoms with Crippen molar-refractivity contribution >= 4 is 33.2 Å². The summed E-state index contributed by atoms with van der Waals surface area (Å²) in [5.74, 6) is 0. The zero-order valence-corrected chi connectivity index (χ0v) is 14.0. The molecule has 1 saturated heterocycles. The van der Waals surface area contributed by atoms with Crippen LogP contribution in [0.15, 0.2) is 22.7 Å². The molecule has 1 aromatic rings. The molecule has 1 heterocycles. The molecule has 1 aliphatic rings. The third-order valence-corrected chi connectivity index (χ3v) is 4.70. The fraction of sp³-hybridized carbons (Fsp3) is 0.600. The molecule has 106 valence electrons. The van der Waals surface area contributed by atoms with Gasteiger partial charge in [0.1, 0.15) is 0 Å². The van der Waals surface area contributed by atoms with Gasteiger partial charge in [0.2, 0.25) is 0 Å². The Kier molecular flexibility index (Phi) is 5.55. The highest BCUT2D eigenvalue weighted by atomic mass is 79.9. The average Bonchev–Trinajstić information content (AvgIpc) is 2.39. The second-order valence-corrected chi connectivity index (χ2v) is 6.49. The topological polar surface area (TPSA) is 15.3 Å². The van der Waals surface area contributed by atoms with Crippen LogP contribution < -0.4 is 10.2 Å². The number of halogens is 2. The minimum atomic E-state index is 0.561. The largest absolute Gasteiger partial charge is 0.365 e. The van der Waals surface area contributed by atoms with Crippen molar-refractivity contribution in [1.82, 2.24) is 5.32 Å². The van der Waals surface area contributed by atoms with Crippen LogP contribution in [0.2, 0.25) is 5.02 Å². The number of benzene rings is 1. The van der Waals surface area contributed by atoms with Crippen molar-refractivity contribution in [3.63, 3.8) is 0 Å². The molecule has 0 spiro atoms. The van der Waals surface area contributed by atoms with Gasteiger partial charge >= 0.3 is 0 Å². The Morgan fingerprint density at radius 1 is 1.42 bits per heavy atom. The van der Waals surface area contributed by atoms with Crippen LogP contribution in [-0.4, -0.2) is 25.2 Å². The molecule has 0 aliphatic carbocycles. The van der Waals surface area contributed by atoms with Crippen molar-refractivity contribution < 1.29 is 0 Å². The molecular weight excluding hydrogens is 324 g/mol. The van der Waals surface area contributed by atoms with Gasteiger partial charge in [-0.05, 0) is 47.0 Å². The summed E-state index contributed by atoms with van der Waals surface area (Å²) in [7, 11) is 0. The van der Waals surface area contributed by atoms with Crippen LogP contribution in [0, 0.1) is 0 Å². The van der Waals surface area contributed by atoms with Crippen molar-refractivity contribution in [3.8, 4) is 0 Å². The lowest BCUT2D eigenvalue weighted by Crippen LogP contribution is -2.56. The first-order valence-corrected chi connectivity index (χ1v) is 8.27. The minimum Gasteiger partial charge on any atom is -0.365 e. The van der Waals surface area contributed by atoms with Crippen LogP contribution in [0.5, 0.6) is 0 Å². The summed E-state index contributed by atoms with van der Waals surface area (Å²) >= 11 is 9.70. The number of nitrogens with zero attached hydrogens (tertiary/aromatic N) is 1. The number of hydrogen-bond donors (Lipinski definition) is 1. The Morgan fingerprint density at radius 2 is 2.21 bits per heavy atom. The highest BCUT2D eigenvalue weighted by Gasteiger charge is 2.27. The number of piperazine rings is 1. The highest BCUT2D eigenvalue weighted by Crippen LogP contribution is 2.32. The molecule has 0 saturated carbocycles. The molecular formula is C15H22BrClN2. The molecule has 1 fully saturated rings. The number of rotatable bonds is 4. The van der Waals surface area contributed by atoms with Crippen LogP contribution >= 0.6 is 27.5 Å². The third-order valence-electron chi connectivity index (χ3n) is 3.83. The third kappa shape index (κ3) is 3.65. The molecule has 4 heteroatoms. The van der Waals surface area contributed by atoms with E-state index in [1.165, 1.54) is 18.5 Å². The molecule has 0 amide bonds. The maximum atomic E-state index is 6.04. The fourth-order valence-electron chi connectivity index (χ4n) is 2.78. The van der Waals surface area contributed by atoms with Crippen molar-refractivity contribution in [2.45, 2.75) is 45.2 Å². The molecule has 2 nitrogen and oxygen atoms in total. The van der Waals surface area contributed by atoms with E-state index in [1.807, 2.05) is 12.1 Å². The molecule has 0 bridgehead atoms. The van der Waals surface area contributed by atoms with E-state index in [4.69, 9.17) is 11.6 Å². The van der Waals surface area contributed by atoms with E-state index in [9.17, 15) is 0 Å². The van der Waals surface area contributed by atoms with E-state index in [2.05, 4.69) is 46.1 Å². The molecule has 2 rings (SSSR count). The van der Waals surface area contributed by atoms with E-state index in [0.717, 1.165) is 29.0 Å². The summed E-state index contributed by atoms with van der Waals surface area (Å²) in [6.07, 6.45) is 3.61. The van der Waals surface area contributed by atoms with E-state index in [1.54, 1.807) is 0 Å². The van der Waals surface area contributed by atoms with Crippen LogP contribution in [0.3, 0.4) is 0 Å². The smallest absolute Gasteiger partial charge is 0.0515 e. The van der Waals surface area contributed by atoms with Gasteiger partial charge < -0.3 is 10.2 Å². The van der Waals surface area contributed by atoms with Gasteiger partial charge in [-0.1, -0.05) is 31.9 Å². The lowest BCUT2D eigenvalue weighted by Gasteiger charge is -2.42. The average molecular weight is 346 g/mol. The van der Waals surface area contributed by atoms with Gasteiger partial charge in [0.15, 0.2) is 0 Å². The van der Waals surface area contributed by atoms with Crippen molar-refractivity contribution in [2.75, 3.05) is 18.0 Å². The zero-order chi connectivity index (χ0) is 13.8. The van der Waals surface area contributed by atoms with Crippen molar-refractivity contribution in [3.05, 3.63) is 27.7 Å². The molecule has 0 radical (unpaired) electrons. The second kappa shape index (κ2) is 6.96. The van der Waals surface area contributed by atoms with Crippen LogP contribution in [0.4, 0.5) is 5.69 Å². The standard InChI is InChI=1S/C15H22BrClN2/c1-3-5-12-10-19(13(4-2)9-18-12)15-7-6-11(17)8-14(15)16/h6-8,12-13,18H,3-5,9-10H2,1-2H3. The summed E-state index contributed by atoms with van der Waals surface area (Å²) in [6, 6.07) is 7.25. The van der Waals surface area contributed by atoms with E-state index >= 15 is 0 Å². The molecule has 2 unspecified atom stereocenters. The summed E-state index contributed by atoms with van der Waals surface area (Å²) in [6.45, 7) is 6.64. The molecule has 1 aromatic carbocycles. The second-order valence-electron chi connectivity index (χ2n) is 5.20. The van der Waals surface area contributed by atoms with Gasteiger partial charge in [-0.25, -0.2) is 0 Å². The van der Waals surface area contributed by atoms with Gasteiger partial charge in [0, 0.05) is 34.7 Å². The molecule has 19 heavy (non-hydrogen) atoms. The highest BCUT2D eigenvalue weighted by molar-refractivity contribution is 9.10. The molecule has 0 aromatic heterocycles. The molecule has 1 N–H and O–H groups in total. The lowest BCUT2D eigenvalue weighted by molar-refractivity contribution is 0.369. The SMILES string of the molecule is CCCC1CN(c2ccc(Cl)cc2Br)C(CC)CN1. The number of nitrogens with one attached hydrogen (secondary N) is 1. The minimum absolute atomic E-state index is 0.561. The summed E-state index contributed by atoms with van der Waals surface area (Å²) < 4.78 is 1.09. The Balaban J connectivity index is 2.22. The number of hydrogen-bond acceptors (Lipinski definition) is 2. The van der Waals surface area contributed by atoms with Gasteiger partial charge in [-0.3, -0.25) is 0 Å². The summed E-state index contributed by atoms with van der Waals surface area (Å²) in [4.78, 5) is 2.53. The maximum Gasteiger partial charge on any atom is 0.0515 e. The normalized spacial score (nSPS) is 23.7. The predicted octanol–water partition coefficient (Wildman–Crippen LogP) is 4.46. The number of anilines is 1. The predicted molar refractivity (Wildman–Crippen MR) is 87.3 cm³/mol. The quantitative estimate of drug-likeness (QED) is 0.866. The maximum absolute atomic E-state index is 6.04. The van der Waals surface area contributed by atoms with E-state index in [0.29, 0.717) is 12.1 Å². The first-order valence-electron chi connectivity index (χ1n) is 7.10. The first-order chi connectivity index (χ1) is 9.15. The van der Waals surface area contributed by atoms with Crippen LogP contribution in [0.1, 0.15) is 33.1 Å². The summed E-state index contributed by atoms with van der Waals surface area (Å²) in [5.41, 5.74) is 1.26. The summed E-state index contributed by atoms with van der Waals surface area (Å²) in [5, 5.41) is 4.45. The molecule has 2 atom stereocenters. The monoisotopic (exact) mass is 344 g/mol. The van der Waals surface area contributed by atoms with Crippen LogP contribution in [-0.2, 0) is 0 Å². The first kappa shape index (κ1) is 15.1. The van der Waals surface area contributed by atoms with Crippen molar-refractivity contribution in [1.29, 1.82) is 0 Å². The van der Waals surface area contributed by atoms with Gasteiger partial charge in [-0.15, -0.1) is 0 Å². The lowest BCUT2D eigenvalue weighted by atomic mass is 10.0. The Labute approximate surface area is 129 Å². The van der Waals surface area contributed by atoms with Gasteiger partial charge in [-0.2, -0.15) is 0 Å².